The van der Waals surface area contributed by atoms with Crippen LogP contribution < -0.4 is 44.4 Å². The van der Waals surface area contributed by atoms with Crippen LogP contribution in [0.4, 0.5) is 0 Å². The van der Waals surface area contributed by atoms with Crippen LogP contribution in [0.15, 0.2) is 208 Å². The second-order valence-corrected chi connectivity index (χ2v) is 25.6. The number of carbonyl (C=O) groups excluding carboxylic acids is 3. The van der Waals surface area contributed by atoms with E-state index in [1.54, 1.807) is 79.6 Å². The fraction of sp³-hybridized carbons (Fsp3) is 0.151. The summed E-state index contributed by atoms with van der Waals surface area (Å²) in [6.45, 7) is 5.31. The smallest absolute Gasteiger partial charge is 0.336 e. The number of aryl methyl sites for hydroxylation is 2. The van der Waals surface area contributed by atoms with Crippen molar-refractivity contribution >= 4 is 117 Å². The lowest BCUT2D eigenvalue weighted by molar-refractivity contribution is 0.0694. The van der Waals surface area contributed by atoms with Crippen LogP contribution in [0, 0.1) is 21.0 Å². The molecule has 3 amide bonds. The van der Waals surface area contributed by atoms with Gasteiger partial charge in [0.2, 0.25) is 0 Å². The van der Waals surface area contributed by atoms with Gasteiger partial charge in [-0.25, -0.2) is 4.79 Å². The number of halogens is 5. The summed E-state index contributed by atoms with van der Waals surface area (Å²) in [7, 11) is 9.55. The van der Waals surface area contributed by atoms with Gasteiger partial charge in [0.25, 0.3) is 17.7 Å². The van der Waals surface area contributed by atoms with E-state index in [1.807, 2.05) is 156 Å². The van der Waals surface area contributed by atoms with Gasteiger partial charge in [0.05, 0.1) is 53.8 Å². The minimum Gasteiger partial charge on any atom is -0.493 e. The summed E-state index contributed by atoms with van der Waals surface area (Å²) in [5.41, 5.74) is 12.8. The summed E-state index contributed by atoms with van der Waals surface area (Å²) >= 11 is 14.2. The Kier molecular flexibility index (Phi) is 28.2. The van der Waals surface area contributed by atoms with Crippen LogP contribution in [0.2, 0.25) is 0 Å². The molecule has 2 aromatic heterocycles. The first-order valence-electron chi connectivity index (χ1n) is 28.7. The fourth-order valence-corrected chi connectivity index (χ4v) is 11.7. The third kappa shape index (κ3) is 20.8. The predicted molar refractivity (Wildman–Crippen MR) is 395 cm³/mol. The first-order chi connectivity index (χ1) is 45.2. The number of amides is 3. The standard InChI is InChI=1S/C29H28N2O3.C21H19BrN2O3.C16H15BrINO3.C7H4BrIO2/c1-19-12-20(2)14-24(13-19)22-8-9-25(23-6-5-11-30-18-23)26(16-22)29(32)31-17-21-7-10-27(33-3)28(15-21)34-4;1-26-19-8-5-14(10-20(19)27-2)12-24-21(25)18-11-16(22)6-7-17(18)15-4-3-9-23-13-15;1-21-14-6-3-10(7-15(14)22-2)9-19-16(20)12-8-11(17)4-5-13(12)18;8-4-1-2-6(9)5(3-4)7(10)11/h5-16,18H,17H2,1-4H3,(H,31,32);3-11,13H,12H2,1-2H3,(H,24,25);3-8H,9H2,1-2H3,(H,19,20);1-3H,(H,10,11). The molecule has 0 radical (unpaired) electrons. The molecule has 16 nitrogen and oxygen atoms in total. The highest BCUT2D eigenvalue weighted by Gasteiger charge is 2.18. The van der Waals surface area contributed by atoms with Gasteiger partial charge in [-0.05, 0) is 201 Å². The van der Waals surface area contributed by atoms with Gasteiger partial charge >= 0.3 is 5.97 Å². The van der Waals surface area contributed by atoms with Crippen molar-refractivity contribution in [1.29, 1.82) is 0 Å². The van der Waals surface area contributed by atoms with E-state index >= 15 is 0 Å². The minimum absolute atomic E-state index is 0.111. The number of rotatable bonds is 19. The van der Waals surface area contributed by atoms with E-state index in [-0.39, 0.29) is 17.7 Å². The fourth-order valence-electron chi connectivity index (χ4n) is 9.44. The number of pyridine rings is 2. The van der Waals surface area contributed by atoms with Crippen molar-refractivity contribution in [2.24, 2.45) is 0 Å². The highest BCUT2D eigenvalue weighted by atomic mass is 127. The number of hydrogen-bond donors (Lipinski definition) is 4. The van der Waals surface area contributed by atoms with Gasteiger partial charge in [-0.2, -0.15) is 0 Å². The molecule has 0 spiro atoms. The summed E-state index contributed by atoms with van der Waals surface area (Å²) in [6.07, 6.45) is 6.95. The Hall–Kier alpha value is -8.36. The molecule has 8 aromatic carbocycles. The summed E-state index contributed by atoms with van der Waals surface area (Å²) in [6, 6.07) is 53.2. The number of ether oxygens (including phenoxy) is 6. The number of aromatic nitrogens is 2. The number of hydrogen-bond acceptors (Lipinski definition) is 12. The van der Waals surface area contributed by atoms with Crippen molar-refractivity contribution in [2.75, 3.05) is 42.7 Å². The SMILES string of the molecule is COc1ccc(CNC(=O)c2cc(-c3cc(C)cc(C)c3)ccc2-c2cccnc2)cc1OC.COc1ccc(CNC(=O)c2cc(Br)ccc2-c2cccnc2)cc1OC.COc1ccc(CNC(=O)c2cc(Br)ccc2I)cc1OC.O=C(O)c1cc(Br)ccc1I. The average Bonchev–Trinajstić information content (AvgIpc) is 0.837. The highest BCUT2D eigenvalue weighted by Crippen LogP contribution is 2.34. The van der Waals surface area contributed by atoms with Crippen LogP contribution >= 0.6 is 93.0 Å². The molecule has 94 heavy (non-hydrogen) atoms. The van der Waals surface area contributed by atoms with Crippen LogP contribution in [-0.4, -0.2) is 81.4 Å². The molecule has 2 heterocycles. The minimum atomic E-state index is -0.893. The molecule has 10 aromatic rings. The lowest BCUT2D eigenvalue weighted by atomic mass is 9.94. The molecule has 0 aliphatic rings. The number of methoxy groups -OCH3 is 6. The Bertz CT molecular complexity index is 4260. The van der Waals surface area contributed by atoms with E-state index in [1.165, 1.54) is 11.1 Å². The van der Waals surface area contributed by atoms with E-state index in [4.69, 9.17) is 33.5 Å². The van der Waals surface area contributed by atoms with Gasteiger partial charge in [-0.15, -0.1) is 0 Å². The van der Waals surface area contributed by atoms with Crippen LogP contribution in [0.5, 0.6) is 34.5 Å². The van der Waals surface area contributed by atoms with E-state index in [2.05, 4.69) is 134 Å². The van der Waals surface area contributed by atoms with Gasteiger partial charge in [0, 0.05) is 87.2 Å². The first-order valence-corrected chi connectivity index (χ1v) is 33.2. The molecule has 0 saturated heterocycles. The third-order valence-corrected chi connectivity index (χ3v) is 17.4. The highest BCUT2D eigenvalue weighted by molar-refractivity contribution is 14.1. The first kappa shape index (κ1) is 73.1. The second kappa shape index (κ2) is 36.3. The Balaban J connectivity index is 0.000000188. The number of carbonyl (C=O) groups is 4. The lowest BCUT2D eigenvalue weighted by Gasteiger charge is -2.14. The van der Waals surface area contributed by atoms with Crippen molar-refractivity contribution < 1.29 is 52.7 Å². The molecular formula is C73H66Br3I2N5O11. The Morgan fingerprint density at radius 3 is 1.14 bits per heavy atom. The molecule has 484 valence electrons. The molecule has 0 saturated carbocycles. The summed E-state index contributed by atoms with van der Waals surface area (Å²) < 4.78 is 35.9. The van der Waals surface area contributed by atoms with E-state index in [0.717, 1.165) is 70.6 Å². The zero-order chi connectivity index (χ0) is 67.8. The van der Waals surface area contributed by atoms with Crippen LogP contribution in [0.1, 0.15) is 69.2 Å². The van der Waals surface area contributed by atoms with Crippen LogP contribution in [-0.2, 0) is 19.6 Å². The number of aromatic carboxylic acids is 1. The van der Waals surface area contributed by atoms with E-state index in [9.17, 15) is 19.2 Å². The number of nitrogens with zero attached hydrogens (tertiary/aromatic N) is 2. The van der Waals surface area contributed by atoms with Crippen molar-refractivity contribution in [3.8, 4) is 67.9 Å². The summed E-state index contributed by atoms with van der Waals surface area (Å²) in [4.78, 5) is 57.5. The van der Waals surface area contributed by atoms with Gasteiger partial charge in [0.15, 0.2) is 34.5 Å². The number of benzene rings is 8. The van der Waals surface area contributed by atoms with Crippen molar-refractivity contribution in [3.63, 3.8) is 0 Å². The van der Waals surface area contributed by atoms with E-state index in [0.29, 0.717) is 76.4 Å². The zero-order valence-electron chi connectivity index (χ0n) is 52.4. The molecular weight excluding hydrogens is 1620 g/mol. The molecule has 4 N–H and O–H groups in total. The molecule has 21 heteroatoms. The van der Waals surface area contributed by atoms with Gasteiger partial charge in [-0.1, -0.05) is 126 Å². The van der Waals surface area contributed by atoms with Crippen LogP contribution in [0.25, 0.3) is 33.4 Å². The Labute approximate surface area is 599 Å². The lowest BCUT2D eigenvalue weighted by Crippen LogP contribution is -2.23. The molecule has 0 fully saturated rings. The largest absolute Gasteiger partial charge is 0.493 e. The molecule has 0 aliphatic carbocycles. The van der Waals surface area contributed by atoms with E-state index < -0.39 is 5.97 Å². The normalized spacial score (nSPS) is 10.3. The maximum Gasteiger partial charge on any atom is 0.336 e. The van der Waals surface area contributed by atoms with Crippen molar-refractivity contribution in [2.45, 2.75) is 33.5 Å². The molecule has 0 aliphatic heterocycles. The monoisotopic (exact) mass is 1680 g/mol. The van der Waals surface area contributed by atoms with Crippen LogP contribution in [0.3, 0.4) is 0 Å². The molecule has 0 unspecified atom stereocenters. The number of carboxylic acids is 1. The number of nitrogens with one attached hydrogen (secondary N) is 3. The average molecular weight is 1680 g/mol. The topological polar surface area (TPSA) is 206 Å². The predicted octanol–water partition coefficient (Wildman–Crippen LogP) is 17.2. The summed E-state index contributed by atoms with van der Waals surface area (Å²) in [5.74, 6) is 2.55. The van der Waals surface area contributed by atoms with Crippen molar-refractivity contribution in [1.82, 2.24) is 25.9 Å². The van der Waals surface area contributed by atoms with Gasteiger partial charge < -0.3 is 49.5 Å². The molecule has 10 rings (SSSR count). The maximum absolute atomic E-state index is 13.4. The quantitative estimate of drug-likeness (QED) is 0.0557. The van der Waals surface area contributed by atoms with Gasteiger partial charge in [-0.3, -0.25) is 24.4 Å². The second-order valence-electron chi connectivity index (χ2n) is 20.5. The summed E-state index contributed by atoms with van der Waals surface area (Å²) in [5, 5.41) is 17.6. The number of carboxylic acid groups (broad SMARTS) is 1. The van der Waals surface area contributed by atoms with Crippen molar-refractivity contribution in [3.05, 3.63) is 265 Å². The van der Waals surface area contributed by atoms with Gasteiger partial charge in [0.1, 0.15) is 0 Å². The Morgan fingerprint density at radius 2 is 0.755 bits per heavy atom. The zero-order valence-corrected chi connectivity index (χ0v) is 61.5. The third-order valence-electron chi connectivity index (χ3n) is 14.0. The molecule has 0 atom stereocenters. The molecule has 0 bridgehead atoms. The Morgan fingerprint density at radius 1 is 0.394 bits per heavy atom. The maximum atomic E-state index is 13.4.